The maximum absolute atomic E-state index is 12.2. The Balaban J connectivity index is 1.63. The molecule has 3 heterocycles. The summed E-state index contributed by atoms with van der Waals surface area (Å²) in [4.78, 5) is 17.4. The molecule has 7 nitrogen and oxygen atoms in total. The second-order valence-electron chi connectivity index (χ2n) is 4.93. The Morgan fingerprint density at radius 2 is 2.48 bits per heavy atom. The van der Waals surface area contributed by atoms with Crippen molar-refractivity contribution in [2.24, 2.45) is 10.7 Å². The summed E-state index contributed by atoms with van der Waals surface area (Å²) in [5.74, 6) is 0.155. The minimum absolute atomic E-state index is 0.110. The standard InChI is InChI=1S/C15H16N4O3S/c16-7-11(8-17-10-3-4-21-9-10)18-15(20)12-6-13(22-19-12)14-2-1-5-23-14/h1-2,5-8,10H,3-4,9,16H2,(H,18,20)/b11-7+,17-8?. The Bertz CT molecular complexity index is 715. The molecule has 0 bridgehead atoms. The van der Waals surface area contributed by atoms with Crippen molar-refractivity contribution in [3.63, 3.8) is 0 Å². The quantitative estimate of drug-likeness (QED) is 0.813. The smallest absolute Gasteiger partial charge is 0.277 e. The zero-order chi connectivity index (χ0) is 16.1. The van der Waals surface area contributed by atoms with Gasteiger partial charge in [-0.3, -0.25) is 9.79 Å². The molecule has 23 heavy (non-hydrogen) atoms. The molecule has 0 radical (unpaired) electrons. The molecular weight excluding hydrogens is 316 g/mol. The number of nitrogens with two attached hydrogens (primary N) is 1. The maximum Gasteiger partial charge on any atom is 0.277 e. The second-order valence-corrected chi connectivity index (χ2v) is 5.87. The molecule has 2 aromatic rings. The predicted octanol–water partition coefficient (Wildman–Crippen LogP) is 1.79. The monoisotopic (exact) mass is 332 g/mol. The number of carbonyl (C=O) groups excluding carboxylic acids is 1. The van der Waals surface area contributed by atoms with Crippen LogP contribution in [0.2, 0.25) is 0 Å². The van der Waals surface area contributed by atoms with E-state index in [1.807, 2.05) is 17.5 Å². The fourth-order valence-electron chi connectivity index (χ4n) is 2.05. The van der Waals surface area contributed by atoms with Crippen LogP contribution in [0.25, 0.3) is 10.6 Å². The molecule has 0 aliphatic carbocycles. The van der Waals surface area contributed by atoms with Gasteiger partial charge < -0.3 is 20.3 Å². The molecule has 1 atom stereocenters. The molecule has 1 aliphatic rings. The highest BCUT2D eigenvalue weighted by Crippen LogP contribution is 2.25. The van der Waals surface area contributed by atoms with Crippen molar-refractivity contribution in [1.29, 1.82) is 0 Å². The van der Waals surface area contributed by atoms with E-state index in [1.54, 1.807) is 6.07 Å². The third-order valence-corrected chi connectivity index (χ3v) is 4.16. The van der Waals surface area contributed by atoms with Crippen LogP contribution >= 0.6 is 11.3 Å². The van der Waals surface area contributed by atoms with Crippen LogP contribution in [0.1, 0.15) is 16.9 Å². The molecular formula is C15H16N4O3S. The number of rotatable bonds is 5. The van der Waals surface area contributed by atoms with Gasteiger partial charge in [-0.1, -0.05) is 11.2 Å². The van der Waals surface area contributed by atoms with Crippen molar-refractivity contribution in [3.05, 3.63) is 41.2 Å². The molecule has 0 spiro atoms. The Hall–Kier alpha value is -2.45. The summed E-state index contributed by atoms with van der Waals surface area (Å²) >= 11 is 1.51. The van der Waals surface area contributed by atoms with Crippen molar-refractivity contribution in [2.45, 2.75) is 12.5 Å². The van der Waals surface area contributed by atoms with E-state index in [2.05, 4.69) is 15.5 Å². The van der Waals surface area contributed by atoms with Crippen molar-refractivity contribution in [1.82, 2.24) is 10.5 Å². The van der Waals surface area contributed by atoms with Gasteiger partial charge in [0.2, 0.25) is 0 Å². The molecule has 0 saturated carbocycles. The predicted molar refractivity (Wildman–Crippen MR) is 87.3 cm³/mol. The molecule has 120 valence electrons. The van der Waals surface area contributed by atoms with E-state index in [4.69, 9.17) is 15.0 Å². The summed E-state index contributed by atoms with van der Waals surface area (Å²) in [6.45, 7) is 1.30. The highest BCUT2D eigenvalue weighted by Gasteiger charge is 2.16. The number of thiophene rings is 1. The van der Waals surface area contributed by atoms with Crippen molar-refractivity contribution < 1.29 is 14.1 Å². The van der Waals surface area contributed by atoms with E-state index in [1.165, 1.54) is 23.8 Å². The van der Waals surface area contributed by atoms with Crippen LogP contribution < -0.4 is 11.1 Å². The minimum Gasteiger partial charge on any atom is -0.403 e. The minimum atomic E-state index is -0.401. The van der Waals surface area contributed by atoms with Crippen molar-refractivity contribution >= 4 is 23.5 Å². The van der Waals surface area contributed by atoms with E-state index >= 15 is 0 Å². The van der Waals surface area contributed by atoms with Gasteiger partial charge in [0, 0.05) is 25.1 Å². The Labute approximate surface area is 136 Å². The number of ether oxygens (including phenoxy) is 1. The van der Waals surface area contributed by atoms with Gasteiger partial charge in [-0.2, -0.15) is 0 Å². The summed E-state index contributed by atoms with van der Waals surface area (Å²) < 4.78 is 10.4. The zero-order valence-electron chi connectivity index (χ0n) is 12.3. The molecule has 1 fully saturated rings. The summed E-state index contributed by atoms with van der Waals surface area (Å²) in [7, 11) is 0. The van der Waals surface area contributed by atoms with Gasteiger partial charge in [0.15, 0.2) is 11.5 Å². The Morgan fingerprint density at radius 3 is 3.17 bits per heavy atom. The van der Waals surface area contributed by atoms with Crippen LogP contribution in [0.5, 0.6) is 0 Å². The van der Waals surface area contributed by atoms with Crippen LogP contribution in [0.15, 0.2) is 45.0 Å². The second kappa shape index (κ2) is 7.21. The van der Waals surface area contributed by atoms with Gasteiger partial charge in [0.25, 0.3) is 5.91 Å². The average molecular weight is 332 g/mol. The molecule has 0 aromatic carbocycles. The number of aromatic nitrogens is 1. The molecule has 1 saturated heterocycles. The lowest BCUT2D eigenvalue weighted by Crippen LogP contribution is -2.25. The summed E-state index contributed by atoms with van der Waals surface area (Å²) in [6, 6.07) is 5.51. The summed E-state index contributed by atoms with van der Waals surface area (Å²) in [6.07, 6.45) is 3.70. The number of aliphatic imine (C=N–C) groups is 1. The number of allylic oxidation sites excluding steroid dienone is 1. The number of carbonyl (C=O) groups is 1. The van der Waals surface area contributed by atoms with Crippen molar-refractivity contribution in [2.75, 3.05) is 13.2 Å². The van der Waals surface area contributed by atoms with E-state index in [0.29, 0.717) is 24.7 Å². The van der Waals surface area contributed by atoms with E-state index in [9.17, 15) is 4.79 Å². The molecule has 1 amide bonds. The lowest BCUT2D eigenvalue weighted by Gasteiger charge is -2.04. The van der Waals surface area contributed by atoms with E-state index in [0.717, 1.165) is 11.3 Å². The first-order chi connectivity index (χ1) is 11.3. The van der Waals surface area contributed by atoms with Crippen LogP contribution in [0.3, 0.4) is 0 Å². The molecule has 3 N–H and O–H groups in total. The number of hydrogen-bond donors (Lipinski definition) is 2. The van der Waals surface area contributed by atoms with Gasteiger partial charge in [-0.15, -0.1) is 11.3 Å². The van der Waals surface area contributed by atoms with E-state index in [-0.39, 0.29) is 11.7 Å². The first-order valence-electron chi connectivity index (χ1n) is 7.11. The first-order valence-corrected chi connectivity index (χ1v) is 7.99. The van der Waals surface area contributed by atoms with Gasteiger partial charge in [0.05, 0.1) is 23.2 Å². The van der Waals surface area contributed by atoms with Gasteiger partial charge in [0.1, 0.15) is 0 Å². The highest BCUT2D eigenvalue weighted by molar-refractivity contribution is 7.13. The average Bonchev–Trinajstić information content (AvgIpc) is 3.32. The van der Waals surface area contributed by atoms with Crippen LogP contribution in [0.4, 0.5) is 0 Å². The number of amides is 1. The fourth-order valence-corrected chi connectivity index (χ4v) is 2.73. The third kappa shape index (κ3) is 3.85. The first kappa shape index (κ1) is 15.4. The maximum atomic E-state index is 12.2. The molecule has 1 aliphatic heterocycles. The van der Waals surface area contributed by atoms with Gasteiger partial charge in [-0.25, -0.2) is 0 Å². The highest BCUT2D eigenvalue weighted by atomic mass is 32.1. The van der Waals surface area contributed by atoms with Crippen molar-refractivity contribution in [3.8, 4) is 10.6 Å². The van der Waals surface area contributed by atoms with Crippen LogP contribution in [0, 0.1) is 0 Å². The zero-order valence-corrected chi connectivity index (χ0v) is 13.1. The summed E-state index contributed by atoms with van der Waals surface area (Å²) in [5, 5.41) is 8.36. The largest absolute Gasteiger partial charge is 0.403 e. The number of hydrogen-bond acceptors (Lipinski definition) is 7. The van der Waals surface area contributed by atoms with Crippen LogP contribution in [-0.4, -0.2) is 36.5 Å². The fraction of sp³-hybridized carbons (Fsp3) is 0.267. The lowest BCUT2D eigenvalue weighted by molar-refractivity contribution is 0.0959. The number of nitrogens with zero attached hydrogens (tertiary/aromatic N) is 2. The number of nitrogens with one attached hydrogen (secondary N) is 1. The molecule has 2 aromatic heterocycles. The Morgan fingerprint density at radius 1 is 1.57 bits per heavy atom. The normalized spacial score (nSPS) is 18.6. The lowest BCUT2D eigenvalue weighted by atomic mass is 10.3. The molecule has 3 rings (SSSR count). The molecule has 1 unspecified atom stereocenters. The topological polar surface area (TPSA) is 103 Å². The third-order valence-electron chi connectivity index (χ3n) is 3.27. The SMILES string of the molecule is N/C=C(\C=NC1CCOC1)NC(=O)c1cc(-c2cccs2)on1. The van der Waals surface area contributed by atoms with E-state index < -0.39 is 5.91 Å². The molecule has 8 heteroatoms. The van der Waals surface area contributed by atoms with Crippen LogP contribution in [-0.2, 0) is 4.74 Å². The van der Waals surface area contributed by atoms with Gasteiger partial charge in [-0.05, 0) is 17.9 Å². The van der Waals surface area contributed by atoms with Gasteiger partial charge >= 0.3 is 0 Å². The summed E-state index contributed by atoms with van der Waals surface area (Å²) in [5.41, 5.74) is 6.12. The Kier molecular flexibility index (Phi) is 4.84.